The number of benzene rings is 2. The first-order valence-corrected chi connectivity index (χ1v) is 7.59. The van der Waals surface area contributed by atoms with E-state index in [9.17, 15) is 4.39 Å². The SMILES string of the molecule is Fc1cccc2c1N[C@H](c1ccccc1Cl)[C@@H]1CC=C[C@H]21. The van der Waals surface area contributed by atoms with Gasteiger partial charge in [0.15, 0.2) is 0 Å². The molecule has 2 aliphatic rings. The van der Waals surface area contributed by atoms with Crippen molar-refractivity contribution < 1.29 is 4.39 Å². The summed E-state index contributed by atoms with van der Waals surface area (Å²) in [7, 11) is 0. The lowest BCUT2D eigenvalue weighted by atomic mass is 9.77. The molecular weight excluding hydrogens is 285 g/mol. The molecule has 3 atom stereocenters. The molecule has 0 saturated carbocycles. The molecular formula is C18H15ClFN. The van der Waals surface area contributed by atoms with Crippen LogP contribution in [0.2, 0.25) is 5.02 Å². The van der Waals surface area contributed by atoms with Gasteiger partial charge in [0.1, 0.15) is 5.82 Å². The first-order chi connectivity index (χ1) is 10.3. The first-order valence-electron chi connectivity index (χ1n) is 7.22. The number of rotatable bonds is 1. The summed E-state index contributed by atoms with van der Waals surface area (Å²) in [4.78, 5) is 0. The predicted octanol–water partition coefficient (Wildman–Crippen LogP) is 5.31. The topological polar surface area (TPSA) is 12.0 Å². The molecule has 0 fully saturated rings. The molecule has 2 aromatic rings. The third-order valence-corrected chi connectivity index (χ3v) is 4.93. The van der Waals surface area contributed by atoms with Crippen LogP contribution in [0.1, 0.15) is 29.5 Å². The van der Waals surface area contributed by atoms with Crippen LogP contribution in [0.4, 0.5) is 10.1 Å². The summed E-state index contributed by atoms with van der Waals surface area (Å²) in [5.41, 5.74) is 2.72. The Morgan fingerprint density at radius 1 is 1.05 bits per heavy atom. The van der Waals surface area contributed by atoms with E-state index >= 15 is 0 Å². The predicted molar refractivity (Wildman–Crippen MR) is 84.2 cm³/mol. The average molecular weight is 300 g/mol. The number of fused-ring (bicyclic) bond motifs is 3. The summed E-state index contributed by atoms with van der Waals surface area (Å²) in [5.74, 6) is 0.459. The highest BCUT2D eigenvalue weighted by molar-refractivity contribution is 6.31. The Morgan fingerprint density at radius 2 is 1.86 bits per heavy atom. The van der Waals surface area contributed by atoms with Gasteiger partial charge in [0.2, 0.25) is 0 Å². The Morgan fingerprint density at radius 3 is 2.71 bits per heavy atom. The molecule has 0 unspecified atom stereocenters. The number of anilines is 1. The van der Waals surface area contributed by atoms with Gasteiger partial charge in [-0.1, -0.05) is 54.1 Å². The van der Waals surface area contributed by atoms with E-state index < -0.39 is 0 Å². The fraction of sp³-hybridized carbons (Fsp3) is 0.222. The van der Waals surface area contributed by atoms with Crippen molar-refractivity contribution in [3.05, 3.63) is 76.6 Å². The van der Waals surface area contributed by atoms with Crippen LogP contribution in [0.25, 0.3) is 0 Å². The molecule has 1 aliphatic carbocycles. The van der Waals surface area contributed by atoms with Crippen molar-refractivity contribution in [1.29, 1.82) is 0 Å². The number of hydrogen-bond acceptors (Lipinski definition) is 1. The molecule has 0 radical (unpaired) electrons. The van der Waals surface area contributed by atoms with Crippen molar-refractivity contribution in [3.63, 3.8) is 0 Å². The summed E-state index contributed by atoms with van der Waals surface area (Å²) < 4.78 is 14.2. The molecule has 0 aromatic heterocycles. The van der Waals surface area contributed by atoms with Crippen LogP contribution >= 0.6 is 11.6 Å². The van der Waals surface area contributed by atoms with E-state index in [0.717, 1.165) is 22.6 Å². The number of halogens is 2. The molecule has 21 heavy (non-hydrogen) atoms. The lowest BCUT2D eigenvalue weighted by molar-refractivity contribution is 0.421. The molecule has 0 saturated heterocycles. The number of hydrogen-bond donors (Lipinski definition) is 1. The van der Waals surface area contributed by atoms with Crippen LogP contribution < -0.4 is 5.32 Å². The minimum absolute atomic E-state index is 0.0445. The van der Waals surface area contributed by atoms with E-state index in [0.29, 0.717) is 11.6 Å². The van der Waals surface area contributed by atoms with Crippen molar-refractivity contribution in [3.8, 4) is 0 Å². The smallest absolute Gasteiger partial charge is 0.146 e. The van der Waals surface area contributed by atoms with Crippen LogP contribution in [0.15, 0.2) is 54.6 Å². The van der Waals surface area contributed by atoms with Gasteiger partial charge in [0.25, 0.3) is 0 Å². The van der Waals surface area contributed by atoms with Gasteiger partial charge in [-0.05, 0) is 35.6 Å². The summed E-state index contributed by atoms with van der Waals surface area (Å²) in [5, 5.41) is 4.13. The van der Waals surface area contributed by atoms with Gasteiger partial charge < -0.3 is 5.32 Å². The van der Waals surface area contributed by atoms with Crippen molar-refractivity contribution >= 4 is 17.3 Å². The lowest BCUT2D eigenvalue weighted by Gasteiger charge is -2.37. The third kappa shape index (κ3) is 1.97. The van der Waals surface area contributed by atoms with Crippen LogP contribution in [-0.4, -0.2) is 0 Å². The Balaban J connectivity index is 1.85. The molecule has 1 N–H and O–H groups in total. The van der Waals surface area contributed by atoms with E-state index in [1.807, 2.05) is 30.3 Å². The summed E-state index contributed by atoms with van der Waals surface area (Å²) in [6.07, 6.45) is 5.39. The van der Waals surface area contributed by atoms with Crippen molar-refractivity contribution in [2.75, 3.05) is 5.32 Å². The second-order valence-electron chi connectivity index (χ2n) is 5.70. The van der Waals surface area contributed by atoms with E-state index in [2.05, 4.69) is 17.5 Å². The maximum atomic E-state index is 14.2. The quantitative estimate of drug-likeness (QED) is 0.704. The van der Waals surface area contributed by atoms with Gasteiger partial charge in [-0.15, -0.1) is 0 Å². The zero-order valence-corrected chi connectivity index (χ0v) is 12.1. The zero-order chi connectivity index (χ0) is 14.4. The monoisotopic (exact) mass is 299 g/mol. The van der Waals surface area contributed by atoms with Gasteiger partial charge >= 0.3 is 0 Å². The Bertz CT molecular complexity index is 725. The number of nitrogens with one attached hydrogen (secondary N) is 1. The fourth-order valence-corrected chi connectivity index (χ4v) is 3.87. The summed E-state index contributed by atoms with van der Waals surface area (Å²) in [6, 6.07) is 13.2. The van der Waals surface area contributed by atoms with E-state index in [-0.39, 0.29) is 17.8 Å². The molecule has 1 aliphatic heterocycles. The molecule has 3 heteroatoms. The molecule has 0 bridgehead atoms. The highest BCUT2D eigenvalue weighted by atomic mass is 35.5. The molecule has 1 heterocycles. The highest BCUT2D eigenvalue weighted by Crippen LogP contribution is 2.51. The molecule has 2 aromatic carbocycles. The molecule has 106 valence electrons. The van der Waals surface area contributed by atoms with Gasteiger partial charge in [0, 0.05) is 10.9 Å². The Labute approximate surface area is 128 Å². The Hall–Kier alpha value is -1.80. The van der Waals surface area contributed by atoms with Crippen molar-refractivity contribution in [2.24, 2.45) is 5.92 Å². The van der Waals surface area contributed by atoms with Gasteiger partial charge in [-0.25, -0.2) is 4.39 Å². The number of allylic oxidation sites excluding steroid dienone is 2. The van der Waals surface area contributed by atoms with E-state index in [4.69, 9.17) is 11.6 Å². The van der Waals surface area contributed by atoms with Crippen LogP contribution in [-0.2, 0) is 0 Å². The second-order valence-corrected chi connectivity index (χ2v) is 6.11. The maximum absolute atomic E-state index is 14.2. The van der Waals surface area contributed by atoms with E-state index in [1.54, 1.807) is 6.07 Å². The van der Waals surface area contributed by atoms with E-state index in [1.165, 1.54) is 6.07 Å². The summed E-state index contributed by atoms with van der Waals surface area (Å²) in [6.45, 7) is 0. The third-order valence-electron chi connectivity index (χ3n) is 4.59. The molecule has 4 rings (SSSR count). The minimum atomic E-state index is -0.191. The molecule has 0 amide bonds. The van der Waals surface area contributed by atoms with Crippen molar-refractivity contribution in [1.82, 2.24) is 0 Å². The van der Waals surface area contributed by atoms with Crippen molar-refractivity contribution in [2.45, 2.75) is 18.4 Å². The second kappa shape index (κ2) is 4.88. The van der Waals surface area contributed by atoms with Gasteiger partial charge in [-0.2, -0.15) is 0 Å². The number of para-hydroxylation sites is 1. The van der Waals surface area contributed by atoms with Crippen LogP contribution in [0, 0.1) is 11.7 Å². The summed E-state index contributed by atoms with van der Waals surface area (Å²) >= 11 is 6.36. The minimum Gasteiger partial charge on any atom is -0.375 e. The average Bonchev–Trinajstić information content (AvgIpc) is 2.97. The van der Waals surface area contributed by atoms with Crippen LogP contribution in [0.5, 0.6) is 0 Å². The highest BCUT2D eigenvalue weighted by Gasteiger charge is 2.39. The molecule has 1 nitrogen and oxygen atoms in total. The normalized spacial score (nSPS) is 26.1. The lowest BCUT2D eigenvalue weighted by Crippen LogP contribution is -2.29. The zero-order valence-electron chi connectivity index (χ0n) is 11.4. The van der Waals surface area contributed by atoms with Crippen LogP contribution in [0.3, 0.4) is 0 Å². The maximum Gasteiger partial charge on any atom is 0.146 e. The standard InChI is InChI=1S/C18H15ClFN/c19-15-9-2-1-5-14(15)17-12-7-3-6-11(12)13-8-4-10-16(20)18(13)21-17/h1-6,8-12,17,21H,7H2/t11-,12+,17-/m0/s1. The van der Waals surface area contributed by atoms with Gasteiger partial charge in [0.05, 0.1) is 11.7 Å². The first kappa shape index (κ1) is 12.9. The largest absolute Gasteiger partial charge is 0.375 e. The molecule has 0 spiro atoms. The fourth-order valence-electron chi connectivity index (χ4n) is 3.62. The Kier molecular flexibility index (Phi) is 3.00. The van der Waals surface area contributed by atoms with Gasteiger partial charge in [-0.3, -0.25) is 0 Å².